The van der Waals surface area contributed by atoms with Gasteiger partial charge in [-0.05, 0) is 104 Å². The minimum Gasteiger partial charge on any atom is -0.497 e. The molecule has 38 heavy (non-hydrogen) atoms. The SMILES string of the molecule is COc1ccc2nccc([C@H](F)CC[C@@H]3CCN(CCCSc4cccc(C#N)c4)C[C@@H]3CC(=O)O)c2c1. The maximum Gasteiger partial charge on any atom is 0.303 e. The van der Waals surface area contributed by atoms with Gasteiger partial charge >= 0.3 is 5.97 Å². The van der Waals surface area contributed by atoms with E-state index in [1.165, 1.54) is 0 Å². The number of aromatic nitrogens is 1. The molecule has 1 aliphatic rings. The van der Waals surface area contributed by atoms with Crippen molar-refractivity contribution in [3.63, 3.8) is 0 Å². The third-order valence-electron chi connectivity index (χ3n) is 7.37. The molecule has 200 valence electrons. The maximum absolute atomic E-state index is 15.5. The molecule has 3 atom stereocenters. The lowest BCUT2D eigenvalue weighted by Crippen LogP contribution is -2.42. The van der Waals surface area contributed by atoms with Crippen LogP contribution in [-0.2, 0) is 4.79 Å². The number of methoxy groups -OCH3 is 1. The smallest absolute Gasteiger partial charge is 0.303 e. The average molecular weight is 536 g/mol. The summed E-state index contributed by atoms with van der Waals surface area (Å²) in [5.74, 6) is 1.02. The van der Waals surface area contributed by atoms with Crippen LogP contribution in [0.5, 0.6) is 5.75 Å². The number of carboxylic acid groups (broad SMARTS) is 1. The van der Waals surface area contributed by atoms with E-state index in [0.717, 1.165) is 54.0 Å². The van der Waals surface area contributed by atoms with Crippen LogP contribution in [-0.4, -0.2) is 53.5 Å². The van der Waals surface area contributed by atoms with Gasteiger partial charge in [0.2, 0.25) is 0 Å². The number of pyridine rings is 1. The number of hydrogen-bond donors (Lipinski definition) is 1. The van der Waals surface area contributed by atoms with E-state index in [9.17, 15) is 9.90 Å². The number of hydrogen-bond acceptors (Lipinski definition) is 6. The van der Waals surface area contributed by atoms with Gasteiger partial charge in [0, 0.05) is 29.4 Å². The van der Waals surface area contributed by atoms with Crippen LogP contribution in [0.1, 0.15) is 49.4 Å². The molecule has 4 rings (SSSR count). The van der Waals surface area contributed by atoms with Gasteiger partial charge in [-0.15, -0.1) is 11.8 Å². The third kappa shape index (κ3) is 7.46. The second kappa shape index (κ2) is 13.6. The van der Waals surface area contributed by atoms with Crippen LogP contribution in [0.4, 0.5) is 4.39 Å². The van der Waals surface area contributed by atoms with Gasteiger partial charge in [-0.25, -0.2) is 4.39 Å². The quantitative estimate of drug-likeness (QED) is 0.209. The number of piperidine rings is 1. The largest absolute Gasteiger partial charge is 0.497 e. The minimum atomic E-state index is -1.15. The van der Waals surface area contributed by atoms with Crippen LogP contribution in [0.15, 0.2) is 59.6 Å². The summed E-state index contributed by atoms with van der Waals surface area (Å²) >= 11 is 1.74. The van der Waals surface area contributed by atoms with Crippen LogP contribution >= 0.6 is 11.8 Å². The molecule has 1 saturated heterocycles. The Kier molecular flexibility index (Phi) is 9.97. The van der Waals surface area contributed by atoms with Crippen LogP contribution in [0.2, 0.25) is 0 Å². The fourth-order valence-electron chi connectivity index (χ4n) is 5.39. The monoisotopic (exact) mass is 535 g/mol. The molecule has 1 fully saturated rings. The predicted octanol–water partition coefficient (Wildman–Crippen LogP) is 6.50. The van der Waals surface area contributed by atoms with Crippen LogP contribution in [0, 0.1) is 23.2 Å². The number of carboxylic acids is 1. The molecule has 0 radical (unpaired) electrons. The number of aliphatic carboxylic acids is 1. The van der Waals surface area contributed by atoms with Crippen molar-refractivity contribution in [3.8, 4) is 11.8 Å². The molecule has 1 aromatic heterocycles. The molecule has 0 amide bonds. The highest BCUT2D eigenvalue weighted by Gasteiger charge is 2.31. The summed E-state index contributed by atoms with van der Waals surface area (Å²) in [6.07, 6.45) is 3.49. The van der Waals surface area contributed by atoms with Crippen molar-refractivity contribution in [3.05, 3.63) is 65.9 Å². The van der Waals surface area contributed by atoms with Gasteiger partial charge < -0.3 is 14.7 Å². The second-order valence-corrected chi connectivity index (χ2v) is 11.0. The molecule has 0 spiro atoms. The van der Waals surface area contributed by atoms with Crippen LogP contribution in [0.3, 0.4) is 0 Å². The summed E-state index contributed by atoms with van der Waals surface area (Å²) in [6, 6.07) is 17.0. The molecule has 1 aliphatic heterocycles. The van der Waals surface area contributed by atoms with Crippen molar-refractivity contribution >= 4 is 28.6 Å². The summed E-state index contributed by atoms with van der Waals surface area (Å²) in [5.41, 5.74) is 2.01. The fraction of sp³-hybridized carbons (Fsp3) is 0.433. The summed E-state index contributed by atoms with van der Waals surface area (Å²) < 4.78 is 20.8. The van der Waals surface area contributed by atoms with Crippen molar-refractivity contribution < 1.29 is 19.0 Å². The van der Waals surface area contributed by atoms with Gasteiger partial charge in [0.05, 0.1) is 24.3 Å². The Bertz CT molecular complexity index is 1280. The minimum absolute atomic E-state index is 0.0164. The van der Waals surface area contributed by atoms with Gasteiger partial charge in [-0.1, -0.05) is 6.07 Å². The Morgan fingerprint density at radius 3 is 2.95 bits per heavy atom. The molecule has 0 aliphatic carbocycles. The molecular weight excluding hydrogens is 501 g/mol. The zero-order chi connectivity index (χ0) is 26.9. The van der Waals surface area contributed by atoms with E-state index in [1.54, 1.807) is 37.2 Å². The summed E-state index contributed by atoms with van der Waals surface area (Å²) in [7, 11) is 1.59. The predicted molar refractivity (Wildman–Crippen MR) is 148 cm³/mol. The number of nitriles is 1. The highest BCUT2D eigenvalue weighted by Crippen LogP contribution is 2.36. The highest BCUT2D eigenvalue weighted by molar-refractivity contribution is 7.99. The van der Waals surface area contributed by atoms with E-state index in [2.05, 4.69) is 16.0 Å². The van der Waals surface area contributed by atoms with Gasteiger partial charge in [-0.3, -0.25) is 9.78 Å². The number of nitrogens with zero attached hydrogens (tertiary/aromatic N) is 3. The first-order chi connectivity index (χ1) is 18.5. The number of carbonyl (C=O) groups is 1. The molecule has 2 aromatic carbocycles. The van der Waals surface area contributed by atoms with E-state index in [4.69, 9.17) is 10.00 Å². The Morgan fingerprint density at radius 1 is 1.29 bits per heavy atom. The van der Waals surface area contributed by atoms with Gasteiger partial charge in [0.1, 0.15) is 11.9 Å². The molecular formula is C30H34FN3O3S. The van der Waals surface area contributed by atoms with E-state index in [0.29, 0.717) is 29.7 Å². The Balaban J connectivity index is 1.30. The number of rotatable bonds is 12. The first kappa shape index (κ1) is 27.9. The van der Waals surface area contributed by atoms with Crippen LogP contribution < -0.4 is 4.74 Å². The first-order valence-corrected chi connectivity index (χ1v) is 14.1. The van der Waals surface area contributed by atoms with E-state index in [1.807, 2.05) is 36.4 Å². The lowest BCUT2D eigenvalue weighted by atomic mass is 9.79. The van der Waals surface area contributed by atoms with Crippen molar-refractivity contribution in [2.75, 3.05) is 32.5 Å². The number of halogens is 1. The zero-order valence-corrected chi connectivity index (χ0v) is 22.5. The molecule has 0 bridgehead atoms. The molecule has 2 heterocycles. The summed E-state index contributed by atoms with van der Waals surface area (Å²) in [5, 5.41) is 19.4. The number of likely N-dealkylation sites (tertiary alicyclic amines) is 1. The highest BCUT2D eigenvalue weighted by atomic mass is 32.2. The fourth-order valence-corrected chi connectivity index (χ4v) is 6.29. The van der Waals surface area contributed by atoms with Crippen molar-refractivity contribution in [2.24, 2.45) is 11.8 Å². The molecule has 3 aromatic rings. The number of fused-ring (bicyclic) bond motifs is 1. The zero-order valence-electron chi connectivity index (χ0n) is 21.7. The normalized spacial score (nSPS) is 18.7. The van der Waals surface area contributed by atoms with Gasteiger partial charge in [0.25, 0.3) is 0 Å². The standard InChI is InChI=1S/C30H34FN3O3S/c1-37-24-7-9-29-27(18-24)26(10-12-33-29)28(31)8-6-22-11-14-34(20-23(22)17-30(35)36)13-3-15-38-25-5-2-4-21(16-25)19-32/h2,4-5,7,9-10,12,16,18,22-23,28H,3,6,8,11,13-15,17,20H2,1H3,(H,35,36)/t22-,23+,28-/m1/s1. The summed E-state index contributed by atoms with van der Waals surface area (Å²) in [6.45, 7) is 2.55. The lowest BCUT2D eigenvalue weighted by molar-refractivity contribution is -0.139. The Labute approximate surface area is 227 Å². The third-order valence-corrected chi connectivity index (χ3v) is 8.45. The van der Waals surface area contributed by atoms with Crippen molar-refractivity contribution in [1.29, 1.82) is 5.26 Å². The Hall–Kier alpha value is -3.15. The summed E-state index contributed by atoms with van der Waals surface area (Å²) in [4.78, 5) is 19.4. The number of alkyl halides is 1. The number of thioether (sulfide) groups is 1. The molecule has 1 N–H and O–H groups in total. The second-order valence-electron chi connectivity index (χ2n) is 9.88. The van der Waals surface area contributed by atoms with E-state index in [-0.39, 0.29) is 18.3 Å². The van der Waals surface area contributed by atoms with Crippen molar-refractivity contribution in [1.82, 2.24) is 9.88 Å². The van der Waals surface area contributed by atoms with Crippen LogP contribution in [0.25, 0.3) is 10.9 Å². The van der Waals surface area contributed by atoms with Gasteiger partial charge in [-0.2, -0.15) is 5.26 Å². The molecule has 0 unspecified atom stereocenters. The van der Waals surface area contributed by atoms with Crippen molar-refractivity contribution in [2.45, 2.75) is 43.2 Å². The number of benzene rings is 2. The Morgan fingerprint density at radius 2 is 2.16 bits per heavy atom. The average Bonchev–Trinajstić information content (AvgIpc) is 2.93. The first-order valence-electron chi connectivity index (χ1n) is 13.1. The van der Waals surface area contributed by atoms with E-state index < -0.39 is 12.1 Å². The molecule has 6 nitrogen and oxygen atoms in total. The number of ether oxygens (including phenoxy) is 1. The lowest BCUT2D eigenvalue weighted by Gasteiger charge is -2.38. The topological polar surface area (TPSA) is 86.5 Å². The van der Waals surface area contributed by atoms with Gasteiger partial charge in [0.15, 0.2) is 0 Å². The van der Waals surface area contributed by atoms with E-state index >= 15 is 4.39 Å². The molecule has 8 heteroatoms. The maximum atomic E-state index is 15.5. The molecule has 0 saturated carbocycles.